The molecule has 1 N–H and O–H groups in total. The predicted octanol–water partition coefficient (Wildman–Crippen LogP) is 1.32. The number of amides is 1. The van der Waals surface area contributed by atoms with E-state index in [0.29, 0.717) is 12.3 Å². The summed E-state index contributed by atoms with van der Waals surface area (Å²) in [6.45, 7) is 8.18. The molecule has 0 aliphatic heterocycles. The highest BCUT2D eigenvalue weighted by Gasteiger charge is 2.17. The van der Waals surface area contributed by atoms with E-state index in [9.17, 15) is 4.79 Å². The van der Waals surface area contributed by atoms with E-state index in [1.165, 1.54) is 11.8 Å². The Morgan fingerprint density at radius 2 is 2.21 bits per heavy atom. The lowest BCUT2D eigenvalue weighted by Crippen LogP contribution is -2.25. The summed E-state index contributed by atoms with van der Waals surface area (Å²) in [4.78, 5) is 13.5. The van der Waals surface area contributed by atoms with Crippen molar-refractivity contribution in [2.45, 2.75) is 25.0 Å². The molecule has 0 spiro atoms. The van der Waals surface area contributed by atoms with Crippen molar-refractivity contribution in [1.82, 2.24) is 20.1 Å². The van der Waals surface area contributed by atoms with Gasteiger partial charge in [-0.1, -0.05) is 17.8 Å². The Bertz CT molecular complexity index is 441. The molecular weight excluding hydrogens is 262 g/mol. The van der Waals surface area contributed by atoms with Gasteiger partial charge in [0.1, 0.15) is 0 Å². The van der Waals surface area contributed by atoms with Crippen LogP contribution >= 0.6 is 11.8 Å². The van der Waals surface area contributed by atoms with Crippen LogP contribution in [-0.2, 0) is 4.79 Å². The molecule has 0 saturated heterocycles. The Hall–Kier alpha value is -1.50. The van der Waals surface area contributed by atoms with Crippen molar-refractivity contribution >= 4 is 23.6 Å². The highest BCUT2D eigenvalue weighted by Crippen LogP contribution is 2.24. The van der Waals surface area contributed by atoms with E-state index >= 15 is 0 Å². The molecule has 0 aliphatic carbocycles. The molecule has 0 bridgehead atoms. The van der Waals surface area contributed by atoms with Crippen LogP contribution in [0.15, 0.2) is 17.8 Å². The Labute approximate surface area is 118 Å². The van der Waals surface area contributed by atoms with Crippen molar-refractivity contribution in [3.63, 3.8) is 0 Å². The Balaban J connectivity index is 2.73. The van der Waals surface area contributed by atoms with Crippen LogP contribution in [0.25, 0.3) is 0 Å². The third-order valence-corrected chi connectivity index (χ3v) is 3.28. The van der Waals surface area contributed by atoms with Crippen LogP contribution in [0.1, 0.15) is 19.9 Å². The summed E-state index contributed by atoms with van der Waals surface area (Å²) in [5.41, 5.74) is 0. The molecule has 0 radical (unpaired) electrons. The number of carbonyl (C=O) groups is 1. The number of hydrogen-bond donors (Lipinski definition) is 1. The van der Waals surface area contributed by atoms with E-state index in [-0.39, 0.29) is 11.9 Å². The van der Waals surface area contributed by atoms with Gasteiger partial charge in [-0.2, -0.15) is 0 Å². The molecule has 1 rings (SSSR count). The predicted molar refractivity (Wildman–Crippen MR) is 78.7 cm³/mol. The van der Waals surface area contributed by atoms with Crippen molar-refractivity contribution in [2.24, 2.45) is 0 Å². The fourth-order valence-electron chi connectivity index (χ4n) is 1.49. The minimum atomic E-state index is -0.0328. The van der Waals surface area contributed by atoms with Crippen LogP contribution in [0.4, 0.5) is 5.95 Å². The van der Waals surface area contributed by atoms with Crippen molar-refractivity contribution in [2.75, 3.05) is 31.3 Å². The number of carbonyl (C=O) groups excluding carboxylic acids is 1. The van der Waals surface area contributed by atoms with E-state index in [0.717, 1.165) is 11.1 Å². The van der Waals surface area contributed by atoms with Gasteiger partial charge >= 0.3 is 0 Å². The molecule has 0 saturated carbocycles. The molecule has 1 heterocycles. The summed E-state index contributed by atoms with van der Waals surface area (Å²) >= 11 is 1.39. The maximum absolute atomic E-state index is 11.5. The van der Waals surface area contributed by atoms with Crippen LogP contribution in [0.2, 0.25) is 0 Å². The molecule has 1 aromatic heterocycles. The topological polar surface area (TPSA) is 63.1 Å². The molecule has 106 valence electrons. The number of aromatic nitrogens is 3. The zero-order chi connectivity index (χ0) is 14.4. The zero-order valence-electron chi connectivity index (χ0n) is 11.9. The monoisotopic (exact) mass is 283 g/mol. The number of hydrogen-bond acceptors (Lipinski definition) is 5. The van der Waals surface area contributed by atoms with Gasteiger partial charge < -0.3 is 10.2 Å². The van der Waals surface area contributed by atoms with Crippen molar-refractivity contribution in [3.05, 3.63) is 12.7 Å². The van der Waals surface area contributed by atoms with Gasteiger partial charge in [0.25, 0.3) is 0 Å². The molecule has 7 heteroatoms. The first-order valence-corrected chi connectivity index (χ1v) is 7.08. The average Bonchev–Trinajstić information content (AvgIpc) is 2.77. The smallest absolute Gasteiger partial charge is 0.230 e. The highest BCUT2D eigenvalue weighted by atomic mass is 32.2. The quantitative estimate of drug-likeness (QED) is 0.604. The Morgan fingerprint density at radius 3 is 2.74 bits per heavy atom. The van der Waals surface area contributed by atoms with Gasteiger partial charge in [0, 0.05) is 26.7 Å². The summed E-state index contributed by atoms with van der Waals surface area (Å²) in [5, 5.41) is 11.8. The Kier molecular flexibility index (Phi) is 5.88. The molecule has 19 heavy (non-hydrogen) atoms. The number of anilines is 1. The third-order valence-electron chi connectivity index (χ3n) is 2.34. The van der Waals surface area contributed by atoms with Gasteiger partial charge in [-0.3, -0.25) is 9.36 Å². The van der Waals surface area contributed by atoms with E-state index in [1.807, 2.05) is 23.6 Å². The van der Waals surface area contributed by atoms with Crippen LogP contribution in [0, 0.1) is 0 Å². The summed E-state index contributed by atoms with van der Waals surface area (Å²) in [6.07, 6.45) is 1.66. The van der Waals surface area contributed by atoms with Gasteiger partial charge in [0.15, 0.2) is 5.16 Å². The lowest BCUT2D eigenvalue weighted by Gasteiger charge is -2.17. The summed E-state index contributed by atoms with van der Waals surface area (Å²) in [7, 11) is 3.85. The molecule has 0 aromatic carbocycles. The minimum Gasteiger partial charge on any atom is -0.352 e. The van der Waals surface area contributed by atoms with Crippen molar-refractivity contribution < 1.29 is 4.79 Å². The first kappa shape index (κ1) is 15.6. The van der Waals surface area contributed by atoms with Gasteiger partial charge in [-0.25, -0.2) is 0 Å². The first-order valence-electron chi connectivity index (χ1n) is 6.10. The highest BCUT2D eigenvalue weighted by molar-refractivity contribution is 7.99. The van der Waals surface area contributed by atoms with E-state index in [2.05, 4.69) is 35.9 Å². The molecule has 0 aliphatic rings. The normalized spacial score (nSPS) is 10.6. The lowest BCUT2D eigenvalue weighted by molar-refractivity contribution is -0.118. The summed E-state index contributed by atoms with van der Waals surface area (Å²) < 4.78 is 2.02. The third kappa shape index (κ3) is 4.27. The van der Waals surface area contributed by atoms with Gasteiger partial charge in [0.2, 0.25) is 11.9 Å². The van der Waals surface area contributed by atoms with Crippen LogP contribution in [-0.4, -0.2) is 47.1 Å². The molecule has 6 nitrogen and oxygen atoms in total. The minimum absolute atomic E-state index is 0.0328. The molecule has 1 amide bonds. The van der Waals surface area contributed by atoms with E-state index < -0.39 is 0 Å². The molecular formula is C12H21N5OS. The fraction of sp³-hybridized carbons (Fsp3) is 0.583. The van der Waals surface area contributed by atoms with Gasteiger partial charge in [-0.05, 0) is 13.8 Å². The lowest BCUT2D eigenvalue weighted by atomic mass is 10.4. The number of nitrogens with one attached hydrogen (secondary N) is 1. The van der Waals surface area contributed by atoms with Crippen LogP contribution in [0.3, 0.4) is 0 Å². The molecule has 0 fully saturated rings. The zero-order valence-corrected chi connectivity index (χ0v) is 12.7. The standard InChI is InChI=1S/C12H21N5OS/c1-6-7-13-10(18)8-19-12-15-14-11(16(4)5)17(12)9(2)3/h6,9H,1,7-8H2,2-5H3,(H,13,18). The number of rotatable bonds is 7. The number of nitrogens with zero attached hydrogens (tertiary/aromatic N) is 4. The van der Waals surface area contributed by atoms with Gasteiger partial charge in [0.05, 0.1) is 5.75 Å². The maximum atomic E-state index is 11.5. The molecule has 0 unspecified atom stereocenters. The maximum Gasteiger partial charge on any atom is 0.230 e. The second kappa shape index (κ2) is 7.18. The van der Waals surface area contributed by atoms with Crippen molar-refractivity contribution in [3.8, 4) is 0 Å². The van der Waals surface area contributed by atoms with E-state index in [1.54, 1.807) is 6.08 Å². The van der Waals surface area contributed by atoms with Crippen molar-refractivity contribution in [1.29, 1.82) is 0 Å². The van der Waals surface area contributed by atoms with Gasteiger partial charge in [-0.15, -0.1) is 16.8 Å². The molecule has 1 aromatic rings. The SMILES string of the molecule is C=CCNC(=O)CSc1nnc(N(C)C)n1C(C)C. The summed E-state index contributed by atoms with van der Waals surface area (Å²) in [6, 6.07) is 0.242. The van der Waals surface area contributed by atoms with Crippen LogP contribution < -0.4 is 10.2 Å². The number of thioether (sulfide) groups is 1. The Morgan fingerprint density at radius 1 is 1.53 bits per heavy atom. The van der Waals surface area contributed by atoms with E-state index in [4.69, 9.17) is 0 Å². The second-order valence-corrected chi connectivity index (χ2v) is 5.46. The fourth-order valence-corrected chi connectivity index (χ4v) is 2.38. The summed E-state index contributed by atoms with van der Waals surface area (Å²) in [5.74, 6) is 1.09. The second-order valence-electron chi connectivity index (χ2n) is 4.52. The molecule has 0 atom stereocenters. The first-order chi connectivity index (χ1) is 8.97. The van der Waals surface area contributed by atoms with Crippen LogP contribution in [0.5, 0.6) is 0 Å². The largest absolute Gasteiger partial charge is 0.352 e. The average molecular weight is 283 g/mol.